The molecule has 142 valence electrons. The molecule has 7 nitrogen and oxygen atoms in total. The van der Waals surface area contributed by atoms with Crippen molar-refractivity contribution in [3.05, 3.63) is 47.5 Å². The smallest absolute Gasteiger partial charge is 0.238 e. The van der Waals surface area contributed by atoms with Crippen LogP contribution in [0.25, 0.3) is 0 Å². The van der Waals surface area contributed by atoms with Gasteiger partial charge in [0.05, 0.1) is 14.2 Å². The van der Waals surface area contributed by atoms with Crippen molar-refractivity contribution < 1.29 is 23.7 Å². The zero-order chi connectivity index (χ0) is 18.8. The van der Waals surface area contributed by atoms with Crippen LogP contribution < -0.4 is 24.3 Å². The van der Waals surface area contributed by atoms with Gasteiger partial charge in [0, 0.05) is 25.2 Å². The molecule has 2 heterocycles. The molecule has 4 rings (SSSR count). The molecule has 0 saturated carbocycles. The lowest BCUT2D eigenvalue weighted by Gasteiger charge is -2.13. The number of hydrogen-bond acceptors (Lipinski definition) is 6. The van der Waals surface area contributed by atoms with Crippen molar-refractivity contribution in [2.75, 3.05) is 27.6 Å². The van der Waals surface area contributed by atoms with Gasteiger partial charge in [0.15, 0.2) is 23.0 Å². The fourth-order valence-corrected chi connectivity index (χ4v) is 3.27. The number of benzene rings is 2. The van der Waals surface area contributed by atoms with E-state index in [9.17, 15) is 4.79 Å². The second-order valence-electron chi connectivity index (χ2n) is 6.50. The summed E-state index contributed by atoms with van der Waals surface area (Å²) in [6.45, 7) is 2.11. The first-order chi connectivity index (χ1) is 13.2. The Kier molecular flexibility index (Phi) is 4.77. The highest BCUT2D eigenvalue weighted by atomic mass is 16.7. The molecule has 0 radical (unpaired) electrons. The summed E-state index contributed by atoms with van der Waals surface area (Å²) in [6, 6.07) is 11.4. The van der Waals surface area contributed by atoms with Crippen LogP contribution in [0.4, 0.5) is 0 Å². The Morgan fingerprint density at radius 2 is 2.04 bits per heavy atom. The standard InChI is InChI=1S/C20H22N2O5/c1-24-17-5-3-4-14(19(17)25-2)9-21-20(23)15-11-22(15)10-13-6-7-16-18(8-13)27-12-26-16/h3-8,15H,9-12H2,1-2H3,(H,21,23). The van der Waals surface area contributed by atoms with E-state index >= 15 is 0 Å². The fourth-order valence-electron chi connectivity index (χ4n) is 3.27. The highest BCUT2D eigenvalue weighted by molar-refractivity contribution is 5.84. The zero-order valence-corrected chi connectivity index (χ0v) is 15.4. The number of carbonyl (C=O) groups is 1. The molecule has 2 atom stereocenters. The van der Waals surface area contributed by atoms with Gasteiger partial charge in [-0.05, 0) is 23.8 Å². The number of nitrogens with zero attached hydrogens (tertiary/aromatic N) is 1. The molecule has 7 heteroatoms. The van der Waals surface area contributed by atoms with Crippen LogP contribution in [-0.4, -0.2) is 44.4 Å². The zero-order valence-electron chi connectivity index (χ0n) is 15.4. The summed E-state index contributed by atoms with van der Waals surface area (Å²) in [6.07, 6.45) is 0. The van der Waals surface area contributed by atoms with E-state index < -0.39 is 0 Å². The lowest BCUT2D eigenvalue weighted by Crippen LogP contribution is -2.29. The van der Waals surface area contributed by atoms with E-state index in [-0.39, 0.29) is 18.7 Å². The van der Waals surface area contributed by atoms with Gasteiger partial charge in [-0.15, -0.1) is 0 Å². The lowest BCUT2D eigenvalue weighted by molar-refractivity contribution is -0.121. The minimum Gasteiger partial charge on any atom is -0.493 e. The lowest BCUT2D eigenvalue weighted by atomic mass is 10.2. The molecule has 2 aliphatic rings. The fraction of sp³-hybridized carbons (Fsp3) is 0.350. The monoisotopic (exact) mass is 370 g/mol. The topological polar surface area (TPSA) is 69.0 Å². The highest BCUT2D eigenvalue weighted by Gasteiger charge is 2.40. The third kappa shape index (κ3) is 3.64. The molecule has 0 bridgehead atoms. The largest absolute Gasteiger partial charge is 0.493 e. The van der Waals surface area contributed by atoms with Gasteiger partial charge >= 0.3 is 0 Å². The van der Waals surface area contributed by atoms with E-state index in [1.165, 1.54) is 0 Å². The number of fused-ring (bicyclic) bond motifs is 1. The third-order valence-corrected chi connectivity index (χ3v) is 4.78. The predicted molar refractivity (Wildman–Crippen MR) is 98.2 cm³/mol. The van der Waals surface area contributed by atoms with Crippen molar-refractivity contribution in [2.24, 2.45) is 0 Å². The molecule has 2 aromatic rings. The normalized spacial score (nSPS) is 19.5. The first-order valence-corrected chi connectivity index (χ1v) is 8.79. The number of ether oxygens (including phenoxy) is 4. The maximum atomic E-state index is 12.5. The molecule has 1 saturated heterocycles. The average molecular weight is 370 g/mol. The van der Waals surface area contributed by atoms with E-state index in [4.69, 9.17) is 18.9 Å². The summed E-state index contributed by atoms with van der Waals surface area (Å²) in [5.74, 6) is 2.85. The minimum atomic E-state index is -0.105. The molecule has 0 aliphatic carbocycles. The molecular formula is C20H22N2O5. The van der Waals surface area contributed by atoms with Crippen LogP contribution in [-0.2, 0) is 17.9 Å². The minimum absolute atomic E-state index is 0.0145. The Hall–Kier alpha value is -2.93. The molecule has 2 aromatic carbocycles. The van der Waals surface area contributed by atoms with Crippen LogP contribution >= 0.6 is 0 Å². The first-order valence-electron chi connectivity index (χ1n) is 8.79. The van der Waals surface area contributed by atoms with Gasteiger partial charge in [-0.3, -0.25) is 9.69 Å². The van der Waals surface area contributed by atoms with Gasteiger partial charge in [-0.1, -0.05) is 18.2 Å². The molecule has 2 aliphatic heterocycles. The van der Waals surface area contributed by atoms with Crippen LogP contribution in [0.15, 0.2) is 36.4 Å². The average Bonchev–Trinajstić information content (AvgIpc) is 3.30. The Labute approximate surface area is 157 Å². The summed E-state index contributed by atoms with van der Waals surface area (Å²) in [5, 5.41) is 2.98. The van der Waals surface area contributed by atoms with Crippen LogP contribution in [0.2, 0.25) is 0 Å². The van der Waals surface area contributed by atoms with Crippen molar-refractivity contribution >= 4 is 5.91 Å². The SMILES string of the molecule is COc1cccc(CNC(=O)C2CN2Cc2ccc3c(c2)OCO3)c1OC. The first kappa shape index (κ1) is 17.5. The van der Waals surface area contributed by atoms with Crippen molar-refractivity contribution in [3.8, 4) is 23.0 Å². The molecule has 27 heavy (non-hydrogen) atoms. The number of nitrogens with one attached hydrogen (secondary N) is 1. The number of methoxy groups -OCH3 is 2. The van der Waals surface area contributed by atoms with E-state index in [0.29, 0.717) is 24.6 Å². The summed E-state index contributed by atoms with van der Waals surface area (Å²) >= 11 is 0. The number of para-hydroxylation sites is 1. The molecule has 1 N–H and O–H groups in total. The van der Waals surface area contributed by atoms with Gasteiger partial charge < -0.3 is 24.3 Å². The predicted octanol–water partition coefficient (Wildman–Crippen LogP) is 1.93. The van der Waals surface area contributed by atoms with E-state index in [1.807, 2.05) is 36.4 Å². The molecular weight excluding hydrogens is 348 g/mol. The van der Waals surface area contributed by atoms with Crippen molar-refractivity contribution in [1.29, 1.82) is 0 Å². The van der Waals surface area contributed by atoms with Crippen molar-refractivity contribution in [2.45, 2.75) is 19.1 Å². The van der Waals surface area contributed by atoms with Crippen LogP contribution in [0, 0.1) is 0 Å². The van der Waals surface area contributed by atoms with Crippen LogP contribution in [0.5, 0.6) is 23.0 Å². The number of hydrogen-bond donors (Lipinski definition) is 1. The maximum absolute atomic E-state index is 12.5. The Balaban J connectivity index is 1.32. The summed E-state index contributed by atoms with van der Waals surface area (Å²) in [4.78, 5) is 14.6. The van der Waals surface area contributed by atoms with Crippen LogP contribution in [0.1, 0.15) is 11.1 Å². The second kappa shape index (κ2) is 7.36. The molecule has 2 unspecified atom stereocenters. The molecule has 0 spiro atoms. The maximum Gasteiger partial charge on any atom is 0.238 e. The van der Waals surface area contributed by atoms with Crippen molar-refractivity contribution in [3.63, 3.8) is 0 Å². The molecule has 1 amide bonds. The Bertz CT molecular complexity index is 854. The second-order valence-corrected chi connectivity index (χ2v) is 6.50. The summed E-state index contributed by atoms with van der Waals surface area (Å²) in [5.41, 5.74) is 1.98. The van der Waals surface area contributed by atoms with E-state index in [0.717, 1.165) is 29.2 Å². The highest BCUT2D eigenvalue weighted by Crippen LogP contribution is 2.34. The van der Waals surface area contributed by atoms with Gasteiger partial charge in [-0.25, -0.2) is 0 Å². The van der Waals surface area contributed by atoms with Crippen molar-refractivity contribution in [1.82, 2.24) is 10.2 Å². The van der Waals surface area contributed by atoms with E-state index in [1.54, 1.807) is 14.2 Å². The molecule has 1 fully saturated rings. The van der Waals surface area contributed by atoms with Gasteiger partial charge in [-0.2, -0.15) is 0 Å². The van der Waals surface area contributed by atoms with Crippen LogP contribution in [0.3, 0.4) is 0 Å². The van der Waals surface area contributed by atoms with Gasteiger partial charge in [0.25, 0.3) is 0 Å². The number of rotatable bonds is 7. The third-order valence-electron chi connectivity index (χ3n) is 4.78. The number of carbonyl (C=O) groups excluding carboxylic acids is 1. The number of amides is 1. The Morgan fingerprint density at radius 3 is 2.85 bits per heavy atom. The summed E-state index contributed by atoms with van der Waals surface area (Å²) in [7, 11) is 3.19. The quantitative estimate of drug-likeness (QED) is 0.751. The van der Waals surface area contributed by atoms with Gasteiger partial charge in [0.1, 0.15) is 6.04 Å². The summed E-state index contributed by atoms with van der Waals surface area (Å²) < 4.78 is 21.4. The Morgan fingerprint density at radius 1 is 1.19 bits per heavy atom. The van der Waals surface area contributed by atoms with E-state index in [2.05, 4.69) is 10.2 Å². The van der Waals surface area contributed by atoms with Gasteiger partial charge in [0.2, 0.25) is 12.7 Å². The molecule has 0 aromatic heterocycles.